The fourth-order valence-electron chi connectivity index (χ4n) is 1.81. The van der Waals surface area contributed by atoms with Gasteiger partial charge in [-0.15, -0.1) is 0 Å². The smallest absolute Gasteiger partial charge is 0.106 e. The van der Waals surface area contributed by atoms with Crippen LogP contribution in [-0.4, -0.2) is 9.97 Å². The zero-order valence-electron chi connectivity index (χ0n) is 10.4. The van der Waals surface area contributed by atoms with E-state index in [1.54, 1.807) is 18.5 Å². The SMILES string of the molecule is CC(Nc1ccc(Cl)cc1C(N)=S)c1ccncc1. The van der Waals surface area contributed by atoms with Gasteiger partial charge in [-0.25, -0.2) is 0 Å². The first kappa shape index (κ1) is 13.8. The number of rotatable bonds is 4. The molecule has 0 saturated carbocycles. The minimum atomic E-state index is 0.122. The van der Waals surface area contributed by atoms with Crippen LogP contribution in [0.1, 0.15) is 24.1 Å². The summed E-state index contributed by atoms with van der Waals surface area (Å²) < 4.78 is 0. The molecule has 3 N–H and O–H groups in total. The van der Waals surface area contributed by atoms with Gasteiger partial charge in [0, 0.05) is 34.7 Å². The van der Waals surface area contributed by atoms with Gasteiger partial charge in [-0.05, 0) is 42.8 Å². The summed E-state index contributed by atoms with van der Waals surface area (Å²) >= 11 is 11.0. The molecule has 1 aromatic heterocycles. The molecule has 98 valence electrons. The lowest BCUT2D eigenvalue weighted by atomic mass is 10.1. The summed E-state index contributed by atoms with van der Waals surface area (Å²) in [6.07, 6.45) is 3.54. The van der Waals surface area contributed by atoms with Crippen molar-refractivity contribution in [1.29, 1.82) is 0 Å². The first-order valence-electron chi connectivity index (χ1n) is 5.83. The van der Waals surface area contributed by atoms with Crippen LogP contribution >= 0.6 is 23.8 Å². The van der Waals surface area contributed by atoms with E-state index in [1.807, 2.05) is 24.3 Å². The van der Waals surface area contributed by atoms with Crippen LogP contribution in [0, 0.1) is 0 Å². The molecule has 1 aromatic carbocycles. The topological polar surface area (TPSA) is 50.9 Å². The average Bonchev–Trinajstić information content (AvgIpc) is 2.41. The number of thiocarbonyl (C=S) groups is 1. The lowest BCUT2D eigenvalue weighted by Gasteiger charge is -2.18. The molecular formula is C14H14ClN3S. The van der Waals surface area contributed by atoms with Crippen LogP contribution in [0.5, 0.6) is 0 Å². The zero-order chi connectivity index (χ0) is 13.8. The van der Waals surface area contributed by atoms with E-state index >= 15 is 0 Å². The standard InChI is InChI=1S/C14H14ClN3S/c1-9(10-4-6-17-7-5-10)18-13-3-2-11(15)8-12(13)14(16)19/h2-9,18H,1H3,(H2,16,19). The summed E-state index contributed by atoms with van der Waals surface area (Å²) in [5.74, 6) is 0. The minimum Gasteiger partial charge on any atom is -0.389 e. The number of benzene rings is 1. The van der Waals surface area contributed by atoms with Gasteiger partial charge in [-0.3, -0.25) is 4.98 Å². The molecule has 0 aliphatic carbocycles. The molecule has 5 heteroatoms. The first-order valence-corrected chi connectivity index (χ1v) is 6.62. The Kier molecular flexibility index (Phi) is 4.35. The molecule has 0 aliphatic heterocycles. The lowest BCUT2D eigenvalue weighted by Crippen LogP contribution is -2.15. The molecule has 2 aromatic rings. The van der Waals surface area contributed by atoms with Gasteiger partial charge >= 0.3 is 0 Å². The molecule has 2 rings (SSSR count). The summed E-state index contributed by atoms with van der Waals surface area (Å²) in [5.41, 5.74) is 8.49. The van der Waals surface area contributed by atoms with Crippen molar-refractivity contribution in [2.24, 2.45) is 5.73 Å². The summed E-state index contributed by atoms with van der Waals surface area (Å²) in [6.45, 7) is 2.06. The van der Waals surface area contributed by atoms with Gasteiger partial charge in [-0.1, -0.05) is 23.8 Å². The maximum atomic E-state index is 5.96. The van der Waals surface area contributed by atoms with Crippen molar-refractivity contribution in [3.63, 3.8) is 0 Å². The number of halogens is 1. The number of hydrogen-bond donors (Lipinski definition) is 2. The molecule has 0 amide bonds. The van der Waals surface area contributed by atoms with E-state index in [9.17, 15) is 0 Å². The van der Waals surface area contributed by atoms with E-state index < -0.39 is 0 Å². The molecule has 0 spiro atoms. The summed E-state index contributed by atoms with van der Waals surface area (Å²) in [6, 6.07) is 9.52. The predicted octanol–water partition coefficient (Wildman–Crippen LogP) is 3.54. The van der Waals surface area contributed by atoms with Crippen LogP contribution < -0.4 is 11.1 Å². The van der Waals surface area contributed by atoms with Gasteiger partial charge in [0.1, 0.15) is 4.99 Å². The number of pyridine rings is 1. The first-order chi connectivity index (χ1) is 9.08. The zero-order valence-corrected chi connectivity index (χ0v) is 12.0. The van der Waals surface area contributed by atoms with Crippen LogP contribution in [0.3, 0.4) is 0 Å². The molecule has 0 saturated heterocycles. The number of anilines is 1. The van der Waals surface area contributed by atoms with Gasteiger partial charge in [0.05, 0.1) is 0 Å². The van der Waals surface area contributed by atoms with Gasteiger partial charge in [0.15, 0.2) is 0 Å². The van der Waals surface area contributed by atoms with Crippen molar-refractivity contribution >= 4 is 34.5 Å². The van der Waals surface area contributed by atoms with Crippen LogP contribution in [0.4, 0.5) is 5.69 Å². The Hall–Kier alpha value is -1.65. The van der Waals surface area contributed by atoms with Crippen LogP contribution in [-0.2, 0) is 0 Å². The normalized spacial score (nSPS) is 11.9. The molecule has 1 unspecified atom stereocenters. The Morgan fingerprint density at radius 2 is 2.00 bits per heavy atom. The van der Waals surface area contributed by atoms with Crippen LogP contribution in [0.15, 0.2) is 42.7 Å². The van der Waals surface area contributed by atoms with E-state index in [1.165, 1.54) is 0 Å². The lowest BCUT2D eigenvalue weighted by molar-refractivity contribution is 0.880. The van der Waals surface area contributed by atoms with Gasteiger partial charge < -0.3 is 11.1 Å². The number of nitrogens with two attached hydrogens (primary N) is 1. The minimum absolute atomic E-state index is 0.122. The predicted molar refractivity (Wildman–Crippen MR) is 83.6 cm³/mol. The molecule has 19 heavy (non-hydrogen) atoms. The summed E-state index contributed by atoms with van der Waals surface area (Å²) in [5, 5.41) is 4.00. The molecule has 0 fully saturated rings. The monoisotopic (exact) mass is 291 g/mol. The second kappa shape index (κ2) is 5.99. The fraction of sp³-hybridized carbons (Fsp3) is 0.143. The highest BCUT2D eigenvalue weighted by Gasteiger charge is 2.10. The summed E-state index contributed by atoms with van der Waals surface area (Å²) in [4.78, 5) is 4.33. The van der Waals surface area contributed by atoms with Crippen molar-refractivity contribution in [2.45, 2.75) is 13.0 Å². The Bertz CT molecular complexity index is 586. The van der Waals surface area contributed by atoms with Crippen molar-refractivity contribution in [3.05, 3.63) is 58.9 Å². The van der Waals surface area contributed by atoms with Crippen molar-refractivity contribution in [1.82, 2.24) is 4.98 Å². The third-order valence-corrected chi connectivity index (χ3v) is 3.28. The third kappa shape index (κ3) is 3.43. The Balaban J connectivity index is 2.26. The van der Waals surface area contributed by atoms with E-state index in [2.05, 4.69) is 17.2 Å². The van der Waals surface area contributed by atoms with Crippen molar-refractivity contribution < 1.29 is 0 Å². The van der Waals surface area contributed by atoms with Crippen molar-refractivity contribution in [2.75, 3.05) is 5.32 Å². The van der Waals surface area contributed by atoms with E-state index in [0.717, 1.165) is 16.8 Å². The molecule has 0 radical (unpaired) electrons. The van der Waals surface area contributed by atoms with Crippen molar-refractivity contribution in [3.8, 4) is 0 Å². The molecule has 3 nitrogen and oxygen atoms in total. The van der Waals surface area contributed by atoms with E-state index in [0.29, 0.717) is 10.0 Å². The second-order valence-electron chi connectivity index (χ2n) is 4.20. The van der Waals surface area contributed by atoms with Gasteiger partial charge in [-0.2, -0.15) is 0 Å². The van der Waals surface area contributed by atoms with Crippen LogP contribution in [0.25, 0.3) is 0 Å². The van der Waals surface area contributed by atoms with E-state index in [4.69, 9.17) is 29.6 Å². The molecule has 0 bridgehead atoms. The number of aromatic nitrogens is 1. The molecule has 1 heterocycles. The van der Waals surface area contributed by atoms with Gasteiger partial charge in [0.2, 0.25) is 0 Å². The average molecular weight is 292 g/mol. The van der Waals surface area contributed by atoms with E-state index in [-0.39, 0.29) is 6.04 Å². The fourth-order valence-corrected chi connectivity index (χ4v) is 2.16. The highest BCUT2D eigenvalue weighted by molar-refractivity contribution is 7.80. The highest BCUT2D eigenvalue weighted by Crippen LogP contribution is 2.25. The molecule has 1 atom stereocenters. The number of nitrogens with one attached hydrogen (secondary N) is 1. The van der Waals surface area contributed by atoms with Crippen LogP contribution in [0.2, 0.25) is 5.02 Å². The Morgan fingerprint density at radius 3 is 2.63 bits per heavy atom. The van der Waals surface area contributed by atoms with Gasteiger partial charge in [0.25, 0.3) is 0 Å². The second-order valence-corrected chi connectivity index (χ2v) is 5.08. The third-order valence-electron chi connectivity index (χ3n) is 2.83. The maximum absolute atomic E-state index is 5.96. The molecular weight excluding hydrogens is 278 g/mol. The highest BCUT2D eigenvalue weighted by atomic mass is 35.5. The Morgan fingerprint density at radius 1 is 1.32 bits per heavy atom. The summed E-state index contributed by atoms with van der Waals surface area (Å²) in [7, 11) is 0. The number of hydrogen-bond acceptors (Lipinski definition) is 3. The number of nitrogens with zero attached hydrogens (tertiary/aromatic N) is 1. The Labute approximate surface area is 122 Å². The quantitative estimate of drug-likeness (QED) is 0.846. The maximum Gasteiger partial charge on any atom is 0.106 e. The largest absolute Gasteiger partial charge is 0.389 e. The molecule has 0 aliphatic rings.